The van der Waals surface area contributed by atoms with Gasteiger partial charge in [0.05, 0.1) is 18.7 Å². The molecule has 0 saturated heterocycles. The third-order valence-electron chi connectivity index (χ3n) is 5.35. The molecule has 1 aromatic heterocycles. The molecule has 4 rings (SSSR count). The maximum Gasteiger partial charge on any atom is 0.241 e. The number of ether oxygens (including phenoxy) is 1. The summed E-state index contributed by atoms with van der Waals surface area (Å²) in [4.78, 5) is 25.3. The first kappa shape index (κ1) is 22.9. The third-order valence-corrected chi connectivity index (χ3v) is 6.32. The minimum absolute atomic E-state index is 0.0745. The smallest absolute Gasteiger partial charge is 0.241 e. The minimum atomic E-state index is -0.135. The van der Waals surface area contributed by atoms with Crippen LogP contribution in [0, 0.1) is 0 Å². The lowest BCUT2D eigenvalue weighted by Crippen LogP contribution is -2.30. The molecule has 33 heavy (non-hydrogen) atoms. The second kappa shape index (κ2) is 11.0. The highest BCUT2D eigenvalue weighted by Gasteiger charge is 2.25. The van der Waals surface area contributed by atoms with E-state index in [0.717, 1.165) is 40.5 Å². The summed E-state index contributed by atoms with van der Waals surface area (Å²) in [6.07, 6.45) is 1.01. The van der Waals surface area contributed by atoms with E-state index in [-0.39, 0.29) is 24.8 Å². The van der Waals surface area contributed by atoms with Gasteiger partial charge in [0.1, 0.15) is 18.1 Å². The van der Waals surface area contributed by atoms with E-state index in [9.17, 15) is 9.59 Å². The number of nitrogens with zero attached hydrogens (tertiary/aromatic N) is 2. The van der Waals surface area contributed by atoms with Crippen LogP contribution in [0.25, 0.3) is 0 Å². The zero-order valence-corrected chi connectivity index (χ0v) is 19.5. The maximum absolute atomic E-state index is 12.8. The van der Waals surface area contributed by atoms with Crippen LogP contribution < -0.4 is 15.4 Å². The Balaban J connectivity index is 1.36. The lowest BCUT2D eigenvalue weighted by atomic mass is 10.1. The number of amides is 2. The fourth-order valence-corrected chi connectivity index (χ4v) is 4.77. The number of anilines is 1. The predicted octanol–water partition coefficient (Wildman–Crippen LogP) is 3.57. The molecule has 0 radical (unpaired) electrons. The number of hydrogen-bond donors (Lipinski definition) is 2. The molecule has 2 aromatic carbocycles. The van der Waals surface area contributed by atoms with Crippen LogP contribution in [0.2, 0.25) is 0 Å². The largest absolute Gasteiger partial charge is 0.494 e. The lowest BCUT2D eigenvalue weighted by Gasteiger charge is -2.12. The number of hydrogen-bond acceptors (Lipinski definition) is 5. The van der Waals surface area contributed by atoms with E-state index < -0.39 is 0 Å². The van der Waals surface area contributed by atoms with Gasteiger partial charge in [-0.25, -0.2) is 4.68 Å². The summed E-state index contributed by atoms with van der Waals surface area (Å²) in [5.74, 6) is 2.73. The number of nitrogens with one attached hydrogen (secondary N) is 2. The molecular weight excluding hydrogens is 436 g/mol. The number of thioether (sulfide) groups is 1. The Morgan fingerprint density at radius 1 is 1.03 bits per heavy atom. The number of carbonyl (C=O) groups excluding carboxylic acids is 2. The van der Waals surface area contributed by atoms with Crippen LogP contribution in [0.4, 0.5) is 5.82 Å². The van der Waals surface area contributed by atoms with Gasteiger partial charge in [0.15, 0.2) is 0 Å². The fraction of sp³-hybridized carbons (Fsp3) is 0.320. The number of rotatable bonds is 10. The van der Waals surface area contributed by atoms with Gasteiger partial charge >= 0.3 is 0 Å². The molecule has 7 nitrogen and oxygen atoms in total. The summed E-state index contributed by atoms with van der Waals surface area (Å²) in [5, 5.41) is 10.5. The number of fused-ring (bicyclic) bond motifs is 1. The number of carbonyl (C=O) groups is 2. The molecule has 2 heterocycles. The van der Waals surface area contributed by atoms with E-state index in [1.165, 1.54) is 5.56 Å². The van der Waals surface area contributed by atoms with Crippen molar-refractivity contribution < 1.29 is 14.3 Å². The van der Waals surface area contributed by atoms with Crippen molar-refractivity contribution in [3.8, 4) is 5.75 Å². The summed E-state index contributed by atoms with van der Waals surface area (Å²) in [7, 11) is 0. The summed E-state index contributed by atoms with van der Waals surface area (Å²) in [6.45, 7) is 3.17. The Kier molecular flexibility index (Phi) is 7.67. The Hall–Kier alpha value is -3.26. The van der Waals surface area contributed by atoms with Crippen molar-refractivity contribution in [2.24, 2.45) is 0 Å². The molecule has 172 valence electrons. The molecule has 2 amide bonds. The summed E-state index contributed by atoms with van der Waals surface area (Å²) in [6, 6.07) is 17.5. The van der Waals surface area contributed by atoms with Crippen LogP contribution in [0.15, 0.2) is 54.6 Å². The molecule has 0 saturated carbocycles. The first-order chi connectivity index (χ1) is 16.1. The monoisotopic (exact) mass is 464 g/mol. The van der Waals surface area contributed by atoms with Crippen molar-refractivity contribution in [2.75, 3.05) is 18.5 Å². The molecule has 0 aliphatic carbocycles. The second-order valence-electron chi connectivity index (χ2n) is 7.81. The highest BCUT2D eigenvalue weighted by Crippen LogP contribution is 2.34. The van der Waals surface area contributed by atoms with Gasteiger partial charge in [-0.3, -0.25) is 9.59 Å². The molecular formula is C25H28N4O3S. The zero-order chi connectivity index (χ0) is 23.0. The Bertz CT molecular complexity index is 1100. The van der Waals surface area contributed by atoms with Crippen LogP contribution >= 0.6 is 11.8 Å². The first-order valence-electron chi connectivity index (χ1n) is 11.1. The Morgan fingerprint density at radius 2 is 1.82 bits per heavy atom. The first-order valence-corrected chi connectivity index (χ1v) is 12.3. The van der Waals surface area contributed by atoms with E-state index in [1.807, 2.05) is 61.5 Å². The van der Waals surface area contributed by atoms with Crippen molar-refractivity contribution in [3.63, 3.8) is 0 Å². The van der Waals surface area contributed by atoms with Crippen molar-refractivity contribution in [1.29, 1.82) is 0 Å². The Labute approximate surface area is 197 Å². The number of aromatic nitrogens is 2. The van der Waals surface area contributed by atoms with Crippen molar-refractivity contribution >= 4 is 29.4 Å². The van der Waals surface area contributed by atoms with E-state index in [2.05, 4.69) is 15.7 Å². The van der Waals surface area contributed by atoms with Gasteiger partial charge in [0.2, 0.25) is 11.8 Å². The van der Waals surface area contributed by atoms with Crippen molar-refractivity contribution in [1.82, 2.24) is 15.1 Å². The molecule has 0 atom stereocenters. The molecule has 2 N–H and O–H groups in total. The molecule has 1 aliphatic rings. The van der Waals surface area contributed by atoms with Crippen LogP contribution in [0.5, 0.6) is 5.75 Å². The van der Waals surface area contributed by atoms with Gasteiger partial charge in [0, 0.05) is 23.6 Å². The van der Waals surface area contributed by atoms with Gasteiger partial charge in [-0.1, -0.05) is 42.5 Å². The molecule has 0 bridgehead atoms. The van der Waals surface area contributed by atoms with Gasteiger partial charge < -0.3 is 15.4 Å². The highest BCUT2D eigenvalue weighted by atomic mass is 32.2. The minimum Gasteiger partial charge on any atom is -0.494 e. The molecule has 0 unspecified atom stereocenters. The van der Waals surface area contributed by atoms with Crippen LogP contribution in [0.1, 0.15) is 29.3 Å². The van der Waals surface area contributed by atoms with Crippen molar-refractivity contribution in [3.05, 3.63) is 77.0 Å². The lowest BCUT2D eigenvalue weighted by molar-refractivity contribution is -0.122. The predicted molar refractivity (Wildman–Crippen MR) is 130 cm³/mol. The van der Waals surface area contributed by atoms with Gasteiger partial charge in [-0.15, -0.1) is 0 Å². The van der Waals surface area contributed by atoms with Crippen molar-refractivity contribution in [2.45, 2.75) is 37.8 Å². The fourth-order valence-electron chi connectivity index (χ4n) is 3.74. The van der Waals surface area contributed by atoms with E-state index >= 15 is 0 Å². The second-order valence-corrected chi connectivity index (χ2v) is 8.80. The molecule has 0 fully saturated rings. The van der Waals surface area contributed by atoms with Crippen LogP contribution in [-0.4, -0.2) is 34.7 Å². The van der Waals surface area contributed by atoms with E-state index in [0.29, 0.717) is 19.0 Å². The van der Waals surface area contributed by atoms with Gasteiger partial charge in [-0.05, 0) is 36.6 Å². The molecule has 1 aliphatic heterocycles. The SMILES string of the molecule is CCOc1ccc(CC(=O)Nc2c3c(nn2CC(=O)NCCc2ccccc2)CSC3)cc1. The zero-order valence-electron chi connectivity index (χ0n) is 18.7. The van der Waals surface area contributed by atoms with Crippen LogP contribution in [0.3, 0.4) is 0 Å². The van der Waals surface area contributed by atoms with Gasteiger partial charge in [0.25, 0.3) is 0 Å². The average Bonchev–Trinajstić information content (AvgIpc) is 3.39. The highest BCUT2D eigenvalue weighted by molar-refractivity contribution is 7.98. The molecule has 3 aromatic rings. The third kappa shape index (κ3) is 6.16. The van der Waals surface area contributed by atoms with E-state index in [4.69, 9.17) is 4.74 Å². The summed E-state index contributed by atoms with van der Waals surface area (Å²) >= 11 is 1.76. The normalized spacial score (nSPS) is 12.3. The average molecular weight is 465 g/mol. The maximum atomic E-state index is 12.8. The topological polar surface area (TPSA) is 85.2 Å². The van der Waals surface area contributed by atoms with Crippen LogP contribution in [-0.2, 0) is 40.5 Å². The standard InChI is InChI=1S/C25H28N4O3S/c1-2-32-20-10-8-19(9-11-20)14-23(30)27-25-21-16-33-17-22(21)28-29(25)15-24(31)26-13-12-18-6-4-3-5-7-18/h3-11H,2,12-17H2,1H3,(H,26,31)(H,27,30). The summed E-state index contributed by atoms with van der Waals surface area (Å²) < 4.78 is 7.08. The van der Waals surface area contributed by atoms with E-state index in [1.54, 1.807) is 16.4 Å². The molecule has 8 heteroatoms. The Morgan fingerprint density at radius 3 is 2.58 bits per heavy atom. The number of benzene rings is 2. The quantitative estimate of drug-likeness (QED) is 0.479. The van der Waals surface area contributed by atoms with Gasteiger partial charge in [-0.2, -0.15) is 16.9 Å². The summed E-state index contributed by atoms with van der Waals surface area (Å²) in [5.41, 5.74) is 4.02. The molecule has 0 spiro atoms.